The molecule has 0 unspecified atom stereocenters. The van der Waals surface area contributed by atoms with Crippen LogP contribution in [-0.4, -0.2) is 31.1 Å². The molecular formula is C17H28FNO. The zero-order valence-electron chi connectivity index (χ0n) is 13.4. The minimum Gasteiger partial charge on any atom is -0.489 e. The molecule has 20 heavy (non-hydrogen) atoms. The Bertz CT molecular complexity index is 406. The fourth-order valence-corrected chi connectivity index (χ4v) is 2.37. The van der Waals surface area contributed by atoms with Gasteiger partial charge in [-0.2, -0.15) is 0 Å². The average Bonchev–Trinajstić information content (AvgIpc) is 2.85. The molecule has 0 radical (unpaired) electrons. The van der Waals surface area contributed by atoms with Gasteiger partial charge in [0.15, 0.2) is 11.6 Å². The van der Waals surface area contributed by atoms with Gasteiger partial charge in [-0.05, 0) is 50.0 Å². The van der Waals surface area contributed by atoms with Crippen LogP contribution in [0.1, 0.15) is 52.0 Å². The molecule has 1 aliphatic rings. The van der Waals surface area contributed by atoms with Crippen LogP contribution in [0.15, 0.2) is 18.2 Å². The van der Waals surface area contributed by atoms with E-state index in [0.29, 0.717) is 24.3 Å². The van der Waals surface area contributed by atoms with Crippen molar-refractivity contribution in [1.82, 2.24) is 4.90 Å². The lowest BCUT2D eigenvalue weighted by atomic mass is 10.0. The van der Waals surface area contributed by atoms with Gasteiger partial charge in [0.1, 0.15) is 6.61 Å². The van der Waals surface area contributed by atoms with Crippen molar-refractivity contribution >= 4 is 0 Å². The van der Waals surface area contributed by atoms with E-state index >= 15 is 0 Å². The van der Waals surface area contributed by atoms with Crippen molar-refractivity contribution in [3.63, 3.8) is 0 Å². The van der Waals surface area contributed by atoms with Crippen molar-refractivity contribution < 1.29 is 9.13 Å². The molecule has 1 fully saturated rings. The van der Waals surface area contributed by atoms with Gasteiger partial charge in [-0.25, -0.2) is 4.39 Å². The van der Waals surface area contributed by atoms with Gasteiger partial charge in [0.25, 0.3) is 0 Å². The molecule has 0 aromatic heterocycles. The molecular weight excluding hydrogens is 253 g/mol. The van der Waals surface area contributed by atoms with Gasteiger partial charge < -0.3 is 9.64 Å². The predicted molar refractivity (Wildman–Crippen MR) is 83.0 cm³/mol. The summed E-state index contributed by atoms with van der Waals surface area (Å²) in [5.41, 5.74) is 1.12. The second-order valence-electron chi connectivity index (χ2n) is 5.43. The van der Waals surface area contributed by atoms with Crippen LogP contribution in [0.3, 0.4) is 0 Å². The third kappa shape index (κ3) is 4.48. The second-order valence-corrected chi connectivity index (χ2v) is 5.43. The molecule has 1 atom stereocenters. The molecule has 0 aliphatic carbocycles. The molecule has 114 valence electrons. The predicted octanol–water partition coefficient (Wildman–Crippen LogP) is 4.45. The maximum Gasteiger partial charge on any atom is 0.165 e. The van der Waals surface area contributed by atoms with E-state index in [-0.39, 0.29) is 5.82 Å². The Hall–Kier alpha value is -1.09. The molecule has 0 saturated carbocycles. The standard InChI is InChI=1S/C15H22FNO.C2H6/c1-11(2)12-6-7-14(16)15(9-12)18-10-13-5-4-8-17(13)3;1-2/h6-7,9,11,13H,4-5,8,10H2,1-3H3;1-2H3/t13-;/m1./s1. The summed E-state index contributed by atoms with van der Waals surface area (Å²) in [4.78, 5) is 2.28. The highest BCUT2D eigenvalue weighted by atomic mass is 19.1. The molecule has 0 N–H and O–H groups in total. The number of rotatable bonds is 4. The number of nitrogens with zero attached hydrogens (tertiary/aromatic N) is 1. The lowest BCUT2D eigenvalue weighted by Crippen LogP contribution is -2.30. The summed E-state index contributed by atoms with van der Waals surface area (Å²) in [6.45, 7) is 9.89. The van der Waals surface area contributed by atoms with Crippen LogP contribution in [0.4, 0.5) is 4.39 Å². The van der Waals surface area contributed by atoms with Crippen molar-refractivity contribution in [2.75, 3.05) is 20.2 Å². The highest BCUT2D eigenvalue weighted by Gasteiger charge is 2.21. The first-order chi connectivity index (χ1) is 9.58. The molecule has 3 heteroatoms. The first kappa shape index (κ1) is 17.0. The summed E-state index contributed by atoms with van der Waals surface area (Å²) in [6, 6.07) is 5.58. The Morgan fingerprint density at radius 3 is 2.60 bits per heavy atom. The number of ether oxygens (including phenoxy) is 1. The third-order valence-corrected chi connectivity index (χ3v) is 3.72. The molecule has 1 aromatic carbocycles. The Balaban J connectivity index is 0.000000956. The van der Waals surface area contributed by atoms with Gasteiger partial charge in [0, 0.05) is 6.04 Å². The number of hydrogen-bond donors (Lipinski definition) is 0. The summed E-state index contributed by atoms with van der Waals surface area (Å²) in [6.07, 6.45) is 2.35. The number of likely N-dealkylation sites (N-methyl/N-ethyl adjacent to an activating group) is 1. The molecule has 1 aliphatic heterocycles. The van der Waals surface area contributed by atoms with Crippen LogP contribution < -0.4 is 4.74 Å². The summed E-state index contributed by atoms with van der Waals surface area (Å²) in [7, 11) is 2.10. The molecule has 0 spiro atoms. The molecule has 1 aromatic rings. The monoisotopic (exact) mass is 281 g/mol. The number of benzene rings is 1. The van der Waals surface area contributed by atoms with Crippen molar-refractivity contribution in [2.24, 2.45) is 0 Å². The molecule has 1 heterocycles. The van der Waals surface area contributed by atoms with E-state index < -0.39 is 0 Å². The topological polar surface area (TPSA) is 12.5 Å². The van der Waals surface area contributed by atoms with Gasteiger partial charge >= 0.3 is 0 Å². The molecule has 2 nitrogen and oxygen atoms in total. The lowest BCUT2D eigenvalue weighted by Gasteiger charge is -2.20. The zero-order chi connectivity index (χ0) is 15.1. The number of likely N-dealkylation sites (tertiary alicyclic amines) is 1. The second kappa shape index (κ2) is 8.25. The van der Waals surface area contributed by atoms with E-state index in [1.54, 1.807) is 0 Å². The summed E-state index contributed by atoms with van der Waals surface area (Å²) in [5.74, 6) is 0.517. The number of hydrogen-bond acceptors (Lipinski definition) is 2. The average molecular weight is 281 g/mol. The van der Waals surface area contributed by atoms with Crippen LogP contribution in [0.25, 0.3) is 0 Å². The van der Waals surface area contributed by atoms with Crippen molar-refractivity contribution in [2.45, 2.75) is 52.5 Å². The van der Waals surface area contributed by atoms with Gasteiger partial charge in [-0.1, -0.05) is 33.8 Å². The highest BCUT2D eigenvalue weighted by molar-refractivity contribution is 5.32. The van der Waals surface area contributed by atoms with Crippen LogP contribution >= 0.6 is 0 Å². The fourth-order valence-electron chi connectivity index (χ4n) is 2.37. The SMILES string of the molecule is CC.CC(C)c1ccc(F)c(OC[C@H]2CCCN2C)c1. The van der Waals surface area contributed by atoms with Gasteiger partial charge in [0.05, 0.1) is 0 Å². The van der Waals surface area contributed by atoms with Crippen molar-refractivity contribution in [3.8, 4) is 5.75 Å². The number of halogens is 1. The normalized spacial score (nSPS) is 18.9. The van der Waals surface area contributed by atoms with E-state index in [1.807, 2.05) is 26.0 Å². The van der Waals surface area contributed by atoms with E-state index in [0.717, 1.165) is 18.5 Å². The lowest BCUT2D eigenvalue weighted by molar-refractivity contribution is 0.193. The Labute approximate surface area is 122 Å². The molecule has 1 saturated heterocycles. The van der Waals surface area contributed by atoms with Crippen molar-refractivity contribution in [1.29, 1.82) is 0 Å². The van der Waals surface area contributed by atoms with Crippen LogP contribution in [0, 0.1) is 5.82 Å². The fraction of sp³-hybridized carbons (Fsp3) is 0.647. The minimum atomic E-state index is -0.264. The van der Waals surface area contributed by atoms with E-state index in [9.17, 15) is 4.39 Å². The van der Waals surface area contributed by atoms with E-state index in [1.165, 1.54) is 12.5 Å². The van der Waals surface area contributed by atoms with Gasteiger partial charge in [-0.3, -0.25) is 0 Å². The van der Waals surface area contributed by atoms with Crippen LogP contribution in [0.5, 0.6) is 5.75 Å². The van der Waals surface area contributed by atoms with Crippen LogP contribution in [-0.2, 0) is 0 Å². The van der Waals surface area contributed by atoms with E-state index in [4.69, 9.17) is 4.74 Å². The van der Waals surface area contributed by atoms with Gasteiger partial charge in [0.2, 0.25) is 0 Å². The smallest absolute Gasteiger partial charge is 0.165 e. The Morgan fingerprint density at radius 2 is 2.05 bits per heavy atom. The summed E-state index contributed by atoms with van der Waals surface area (Å²) >= 11 is 0. The van der Waals surface area contributed by atoms with E-state index in [2.05, 4.69) is 25.8 Å². The maximum absolute atomic E-state index is 13.7. The minimum absolute atomic E-state index is 0.264. The summed E-state index contributed by atoms with van der Waals surface area (Å²) in [5, 5.41) is 0. The van der Waals surface area contributed by atoms with Crippen molar-refractivity contribution in [3.05, 3.63) is 29.6 Å². The van der Waals surface area contributed by atoms with Gasteiger partial charge in [-0.15, -0.1) is 0 Å². The molecule has 0 bridgehead atoms. The largest absolute Gasteiger partial charge is 0.489 e. The van der Waals surface area contributed by atoms with Crippen LogP contribution in [0.2, 0.25) is 0 Å². The third-order valence-electron chi connectivity index (χ3n) is 3.72. The quantitative estimate of drug-likeness (QED) is 0.808. The molecule has 2 rings (SSSR count). The maximum atomic E-state index is 13.7. The highest BCUT2D eigenvalue weighted by Crippen LogP contribution is 2.25. The molecule has 0 amide bonds. The zero-order valence-corrected chi connectivity index (χ0v) is 13.4. The first-order valence-corrected chi connectivity index (χ1v) is 7.70. The Morgan fingerprint density at radius 1 is 1.35 bits per heavy atom. The summed E-state index contributed by atoms with van der Waals surface area (Å²) < 4.78 is 19.3. The first-order valence-electron chi connectivity index (χ1n) is 7.70. The Kier molecular flexibility index (Phi) is 7.00.